The summed E-state index contributed by atoms with van der Waals surface area (Å²) in [5.41, 5.74) is 1.81. The Hall–Kier alpha value is -2.90. The van der Waals surface area contributed by atoms with E-state index in [4.69, 9.17) is 5.41 Å². The molecule has 0 saturated carbocycles. The van der Waals surface area contributed by atoms with E-state index in [2.05, 4.69) is 20.3 Å². The Kier molecular flexibility index (Phi) is 6.05. The molecule has 1 fully saturated rings. The Bertz CT molecular complexity index is 772. The molecule has 1 saturated heterocycles. The molecule has 27 heavy (non-hydrogen) atoms. The Morgan fingerprint density at radius 2 is 2.00 bits per heavy atom. The summed E-state index contributed by atoms with van der Waals surface area (Å²) >= 11 is 0. The molecular weight excluding hydrogens is 347 g/mol. The fourth-order valence-corrected chi connectivity index (χ4v) is 3.18. The first kappa shape index (κ1) is 18.9. The molecule has 0 aromatic carbocycles. The number of nitrogens with one attached hydrogen (secondary N) is 2. The third kappa shape index (κ3) is 4.84. The Morgan fingerprint density at radius 3 is 2.59 bits per heavy atom. The number of anilines is 1. The molecular formula is C19H23FN6O. The average Bonchev–Trinajstić information content (AvgIpc) is 2.69. The highest BCUT2D eigenvalue weighted by Gasteiger charge is 2.27. The lowest BCUT2D eigenvalue weighted by Gasteiger charge is -2.32. The second kappa shape index (κ2) is 8.66. The molecule has 8 heteroatoms. The molecule has 2 aromatic rings. The van der Waals surface area contributed by atoms with Crippen LogP contribution < -0.4 is 10.2 Å². The van der Waals surface area contributed by atoms with Crippen LogP contribution in [0.2, 0.25) is 0 Å². The summed E-state index contributed by atoms with van der Waals surface area (Å²) < 4.78 is 13.0. The minimum absolute atomic E-state index is 0.0119. The van der Waals surface area contributed by atoms with Crippen LogP contribution in [0.4, 0.5) is 10.3 Å². The number of carbonyl (C=O) groups is 1. The quantitative estimate of drug-likeness (QED) is 0.762. The number of aryl methyl sites for hydroxylation is 1. The number of piperidine rings is 1. The summed E-state index contributed by atoms with van der Waals surface area (Å²) in [7, 11) is 0. The molecule has 1 aliphatic rings. The van der Waals surface area contributed by atoms with Crippen molar-refractivity contribution in [1.29, 1.82) is 5.41 Å². The maximum atomic E-state index is 13.0. The van der Waals surface area contributed by atoms with Crippen LogP contribution in [-0.2, 0) is 4.79 Å². The van der Waals surface area contributed by atoms with Gasteiger partial charge < -0.3 is 15.6 Å². The number of halogens is 1. The second-order valence-corrected chi connectivity index (χ2v) is 6.70. The highest BCUT2D eigenvalue weighted by Crippen LogP contribution is 2.23. The van der Waals surface area contributed by atoms with E-state index in [1.54, 1.807) is 6.20 Å². The number of hydrogen-bond acceptors (Lipinski definition) is 6. The zero-order valence-corrected chi connectivity index (χ0v) is 15.2. The van der Waals surface area contributed by atoms with Crippen molar-refractivity contribution in [2.24, 2.45) is 5.92 Å². The van der Waals surface area contributed by atoms with Crippen molar-refractivity contribution in [2.45, 2.75) is 32.2 Å². The van der Waals surface area contributed by atoms with Gasteiger partial charge in [-0.3, -0.25) is 9.78 Å². The number of nitrogens with zero attached hydrogens (tertiary/aromatic N) is 4. The van der Waals surface area contributed by atoms with Gasteiger partial charge in [0.1, 0.15) is 0 Å². The highest BCUT2D eigenvalue weighted by atomic mass is 19.1. The van der Waals surface area contributed by atoms with Crippen molar-refractivity contribution in [1.82, 2.24) is 20.3 Å². The van der Waals surface area contributed by atoms with Gasteiger partial charge in [-0.1, -0.05) is 6.07 Å². The van der Waals surface area contributed by atoms with Gasteiger partial charge >= 0.3 is 0 Å². The molecule has 0 bridgehead atoms. The number of aromatic nitrogens is 3. The lowest BCUT2D eigenvalue weighted by molar-refractivity contribution is -0.126. The molecule has 7 nitrogen and oxygen atoms in total. The molecule has 1 aliphatic heterocycles. The molecule has 0 aliphatic carbocycles. The van der Waals surface area contributed by atoms with E-state index in [1.165, 1.54) is 6.21 Å². The molecule has 1 atom stereocenters. The molecule has 1 amide bonds. The molecule has 0 radical (unpaired) electrons. The predicted molar refractivity (Wildman–Crippen MR) is 100 cm³/mol. The van der Waals surface area contributed by atoms with Crippen LogP contribution in [0.1, 0.15) is 36.6 Å². The average molecular weight is 370 g/mol. The van der Waals surface area contributed by atoms with Gasteiger partial charge in [0.15, 0.2) is 5.82 Å². The SMILES string of the molecule is Cc1ccc(C(CC=N)NC(=O)C2CCN(c3ncc(F)cn3)CC2)cn1. The van der Waals surface area contributed by atoms with Crippen LogP contribution in [0.5, 0.6) is 0 Å². The Morgan fingerprint density at radius 1 is 1.30 bits per heavy atom. The van der Waals surface area contributed by atoms with Gasteiger partial charge in [-0.05, 0) is 37.6 Å². The number of hydrogen-bond donors (Lipinski definition) is 2. The molecule has 2 aromatic heterocycles. The summed E-state index contributed by atoms with van der Waals surface area (Å²) in [5.74, 6) is -0.0889. The largest absolute Gasteiger partial charge is 0.349 e. The maximum Gasteiger partial charge on any atom is 0.225 e. The standard InChI is InChI=1S/C19H23FN6O/c1-13-2-3-15(10-22-13)17(4-7-21)25-18(27)14-5-8-26(9-6-14)19-23-11-16(20)12-24-19/h2-3,7,10-12,14,17,21H,4-6,8-9H2,1H3,(H,25,27). The molecule has 2 N–H and O–H groups in total. The minimum atomic E-state index is -0.462. The van der Waals surface area contributed by atoms with Crippen molar-refractivity contribution in [3.63, 3.8) is 0 Å². The number of pyridine rings is 1. The first-order valence-electron chi connectivity index (χ1n) is 9.01. The Labute approximate surface area is 157 Å². The molecule has 0 spiro atoms. The highest BCUT2D eigenvalue weighted by molar-refractivity contribution is 5.79. The van der Waals surface area contributed by atoms with Crippen molar-refractivity contribution < 1.29 is 9.18 Å². The van der Waals surface area contributed by atoms with Crippen LogP contribution in [-0.4, -0.2) is 40.2 Å². The van der Waals surface area contributed by atoms with E-state index in [0.717, 1.165) is 23.7 Å². The number of carbonyl (C=O) groups excluding carboxylic acids is 1. The van der Waals surface area contributed by atoms with E-state index in [0.29, 0.717) is 38.3 Å². The first-order chi connectivity index (χ1) is 13.1. The predicted octanol–water partition coefficient (Wildman–Crippen LogP) is 2.43. The maximum absolute atomic E-state index is 13.0. The molecule has 142 valence electrons. The number of rotatable bonds is 6. The number of amides is 1. The van der Waals surface area contributed by atoms with Crippen molar-refractivity contribution >= 4 is 18.1 Å². The zero-order valence-electron chi connectivity index (χ0n) is 15.2. The van der Waals surface area contributed by atoms with E-state index < -0.39 is 5.82 Å². The fourth-order valence-electron chi connectivity index (χ4n) is 3.18. The summed E-state index contributed by atoms with van der Waals surface area (Å²) in [6.45, 7) is 3.20. The Balaban J connectivity index is 1.58. The van der Waals surface area contributed by atoms with Crippen LogP contribution in [0.3, 0.4) is 0 Å². The van der Waals surface area contributed by atoms with Crippen LogP contribution in [0.15, 0.2) is 30.7 Å². The second-order valence-electron chi connectivity index (χ2n) is 6.70. The van der Waals surface area contributed by atoms with E-state index in [9.17, 15) is 9.18 Å². The van der Waals surface area contributed by atoms with Gasteiger partial charge in [-0.25, -0.2) is 14.4 Å². The third-order valence-electron chi connectivity index (χ3n) is 4.76. The van der Waals surface area contributed by atoms with Gasteiger partial charge in [-0.2, -0.15) is 0 Å². The third-order valence-corrected chi connectivity index (χ3v) is 4.76. The van der Waals surface area contributed by atoms with Crippen molar-refractivity contribution in [2.75, 3.05) is 18.0 Å². The van der Waals surface area contributed by atoms with Crippen molar-refractivity contribution in [3.8, 4) is 0 Å². The van der Waals surface area contributed by atoms with Crippen LogP contribution in [0.25, 0.3) is 0 Å². The lowest BCUT2D eigenvalue weighted by Crippen LogP contribution is -2.42. The van der Waals surface area contributed by atoms with E-state index >= 15 is 0 Å². The summed E-state index contributed by atoms with van der Waals surface area (Å²) in [6.07, 6.45) is 7.14. The summed E-state index contributed by atoms with van der Waals surface area (Å²) in [6, 6.07) is 3.59. The molecule has 3 heterocycles. The summed E-state index contributed by atoms with van der Waals surface area (Å²) in [4.78, 5) is 26.9. The van der Waals surface area contributed by atoms with Crippen molar-refractivity contribution in [3.05, 3.63) is 47.8 Å². The van der Waals surface area contributed by atoms with Gasteiger partial charge in [0.05, 0.1) is 18.4 Å². The van der Waals surface area contributed by atoms with Gasteiger partial charge in [0.2, 0.25) is 11.9 Å². The lowest BCUT2D eigenvalue weighted by atomic mass is 9.95. The fraction of sp³-hybridized carbons (Fsp3) is 0.421. The smallest absolute Gasteiger partial charge is 0.225 e. The molecule has 1 unspecified atom stereocenters. The van der Waals surface area contributed by atoms with Gasteiger partial charge in [0.25, 0.3) is 0 Å². The van der Waals surface area contributed by atoms with Crippen LogP contribution >= 0.6 is 0 Å². The monoisotopic (exact) mass is 370 g/mol. The van der Waals surface area contributed by atoms with E-state index in [1.807, 2.05) is 24.0 Å². The zero-order chi connectivity index (χ0) is 19.2. The van der Waals surface area contributed by atoms with E-state index in [-0.39, 0.29) is 17.9 Å². The minimum Gasteiger partial charge on any atom is -0.349 e. The normalized spacial score (nSPS) is 16.0. The first-order valence-corrected chi connectivity index (χ1v) is 9.01. The molecule has 3 rings (SSSR count). The topological polar surface area (TPSA) is 94.9 Å². The van der Waals surface area contributed by atoms with Gasteiger partial charge in [0, 0.05) is 37.3 Å². The van der Waals surface area contributed by atoms with Crippen LogP contribution in [0, 0.1) is 24.1 Å². The van der Waals surface area contributed by atoms with Gasteiger partial charge in [-0.15, -0.1) is 0 Å². The summed E-state index contributed by atoms with van der Waals surface area (Å²) in [5, 5.41) is 10.5.